The first-order chi connectivity index (χ1) is 15.5. The fraction of sp³-hybridized carbons (Fsp3) is 0.250. The summed E-state index contributed by atoms with van der Waals surface area (Å²) in [6.07, 6.45) is 4.98. The van der Waals surface area contributed by atoms with Gasteiger partial charge in [0, 0.05) is 0 Å². The van der Waals surface area contributed by atoms with E-state index in [9.17, 15) is 19.2 Å². The fourth-order valence-electron chi connectivity index (χ4n) is 3.95. The highest BCUT2D eigenvalue weighted by Crippen LogP contribution is 2.37. The normalized spacial score (nSPS) is 19.5. The average Bonchev–Trinajstić information content (AvgIpc) is 3.08. The Morgan fingerprint density at radius 3 is 2.22 bits per heavy atom. The van der Waals surface area contributed by atoms with E-state index in [0.29, 0.717) is 30.0 Å². The fourth-order valence-corrected chi connectivity index (χ4v) is 3.95. The minimum absolute atomic E-state index is 0.206. The predicted molar refractivity (Wildman–Crippen MR) is 116 cm³/mol. The summed E-state index contributed by atoms with van der Waals surface area (Å²) < 4.78 is 10.2. The molecule has 32 heavy (non-hydrogen) atoms. The monoisotopic (exact) mass is 434 g/mol. The maximum atomic E-state index is 12.7. The largest absolute Gasteiger partial charge is 0.495 e. The number of allylic oxidation sites excluding steroid dienone is 2. The lowest BCUT2D eigenvalue weighted by Gasteiger charge is -2.15. The van der Waals surface area contributed by atoms with E-state index in [0.717, 1.165) is 0 Å². The van der Waals surface area contributed by atoms with Crippen LogP contribution in [0.25, 0.3) is 0 Å². The number of anilines is 2. The molecular formula is C24H22N2O6. The molecule has 3 amide bonds. The molecule has 8 nitrogen and oxygen atoms in total. The average molecular weight is 434 g/mol. The number of carbonyl (C=O) groups is 4. The van der Waals surface area contributed by atoms with Gasteiger partial charge >= 0.3 is 5.97 Å². The zero-order valence-corrected chi connectivity index (χ0v) is 17.4. The Hall–Kier alpha value is -3.94. The van der Waals surface area contributed by atoms with Crippen molar-refractivity contribution >= 4 is 35.1 Å². The van der Waals surface area contributed by atoms with E-state index in [1.165, 1.54) is 36.3 Å². The lowest BCUT2D eigenvalue weighted by molar-refractivity contribution is -0.122. The topological polar surface area (TPSA) is 102 Å². The molecular weight excluding hydrogens is 412 g/mol. The van der Waals surface area contributed by atoms with Crippen LogP contribution in [0.5, 0.6) is 5.75 Å². The number of esters is 1. The zero-order chi connectivity index (χ0) is 22.7. The van der Waals surface area contributed by atoms with Gasteiger partial charge in [-0.05, 0) is 49.2 Å². The van der Waals surface area contributed by atoms with Crippen LogP contribution in [0.4, 0.5) is 11.4 Å². The van der Waals surface area contributed by atoms with Crippen molar-refractivity contribution < 1.29 is 28.7 Å². The lowest BCUT2D eigenvalue weighted by Crippen LogP contribution is -2.30. The van der Waals surface area contributed by atoms with Gasteiger partial charge in [0.2, 0.25) is 11.8 Å². The third-order valence-electron chi connectivity index (χ3n) is 5.58. The van der Waals surface area contributed by atoms with Gasteiger partial charge in [-0.25, -0.2) is 4.79 Å². The Balaban J connectivity index is 1.36. The van der Waals surface area contributed by atoms with Crippen LogP contribution in [-0.2, 0) is 19.1 Å². The molecule has 2 aliphatic rings. The summed E-state index contributed by atoms with van der Waals surface area (Å²) in [6, 6.07) is 12.9. The summed E-state index contributed by atoms with van der Waals surface area (Å²) in [5.41, 5.74) is 1.09. The number of methoxy groups -OCH3 is 1. The molecule has 0 radical (unpaired) electrons. The maximum absolute atomic E-state index is 12.7. The number of rotatable bonds is 6. The Morgan fingerprint density at radius 2 is 1.59 bits per heavy atom. The summed E-state index contributed by atoms with van der Waals surface area (Å²) in [5.74, 6) is -1.78. The number of carbonyl (C=O) groups excluding carboxylic acids is 4. The summed E-state index contributed by atoms with van der Waals surface area (Å²) >= 11 is 0. The van der Waals surface area contributed by atoms with E-state index >= 15 is 0 Å². The quantitative estimate of drug-likeness (QED) is 0.426. The molecule has 1 fully saturated rings. The van der Waals surface area contributed by atoms with Crippen molar-refractivity contribution in [3.63, 3.8) is 0 Å². The molecule has 4 rings (SSSR count). The highest BCUT2D eigenvalue weighted by Gasteiger charge is 2.47. The second-order valence-corrected chi connectivity index (χ2v) is 7.54. The number of hydrogen-bond donors (Lipinski definition) is 1. The van der Waals surface area contributed by atoms with E-state index in [1.54, 1.807) is 24.3 Å². The number of para-hydroxylation sites is 2. The van der Waals surface area contributed by atoms with Crippen LogP contribution in [0.15, 0.2) is 60.7 Å². The number of fused-ring (bicyclic) bond motifs is 1. The Kier molecular flexibility index (Phi) is 6.02. The summed E-state index contributed by atoms with van der Waals surface area (Å²) in [5, 5.41) is 2.62. The second-order valence-electron chi connectivity index (χ2n) is 7.54. The molecule has 2 atom stereocenters. The molecule has 0 bridgehead atoms. The molecule has 1 aliphatic heterocycles. The van der Waals surface area contributed by atoms with Gasteiger partial charge in [0.1, 0.15) is 5.75 Å². The van der Waals surface area contributed by atoms with Crippen molar-refractivity contribution in [2.75, 3.05) is 23.9 Å². The van der Waals surface area contributed by atoms with E-state index < -0.39 is 18.5 Å². The molecule has 164 valence electrons. The SMILES string of the molecule is COc1ccccc1NC(=O)COC(=O)c1ccc(N2C(=O)[C@@H]3CC=CC[C@H]3C2=O)cc1. The molecule has 0 unspecified atom stereocenters. The number of amides is 3. The summed E-state index contributed by atoms with van der Waals surface area (Å²) in [6.45, 7) is -0.474. The molecule has 8 heteroatoms. The van der Waals surface area contributed by atoms with Crippen LogP contribution in [-0.4, -0.2) is 37.4 Å². The first-order valence-electron chi connectivity index (χ1n) is 10.2. The number of nitrogens with zero attached hydrogens (tertiary/aromatic N) is 1. The van der Waals surface area contributed by atoms with Gasteiger partial charge in [-0.1, -0.05) is 24.3 Å². The maximum Gasteiger partial charge on any atom is 0.338 e. The van der Waals surface area contributed by atoms with Crippen LogP contribution < -0.4 is 15.0 Å². The molecule has 2 aromatic carbocycles. The first-order valence-corrected chi connectivity index (χ1v) is 10.2. The minimum atomic E-state index is -0.691. The second kappa shape index (κ2) is 9.05. The number of imide groups is 1. The van der Waals surface area contributed by atoms with Crippen molar-refractivity contribution in [3.05, 3.63) is 66.2 Å². The van der Waals surface area contributed by atoms with Gasteiger partial charge < -0.3 is 14.8 Å². The third-order valence-corrected chi connectivity index (χ3v) is 5.58. The van der Waals surface area contributed by atoms with Crippen LogP contribution in [0.2, 0.25) is 0 Å². The van der Waals surface area contributed by atoms with Crippen LogP contribution in [0.3, 0.4) is 0 Å². The predicted octanol–water partition coefficient (Wildman–Crippen LogP) is 2.95. The number of benzene rings is 2. The van der Waals surface area contributed by atoms with Crippen molar-refractivity contribution in [2.24, 2.45) is 11.8 Å². The van der Waals surface area contributed by atoms with E-state index in [1.807, 2.05) is 12.2 Å². The van der Waals surface area contributed by atoms with E-state index in [4.69, 9.17) is 9.47 Å². The standard InChI is InChI=1S/C24H22N2O6/c1-31-20-9-5-4-8-19(20)25-21(27)14-32-24(30)15-10-12-16(13-11-15)26-22(28)17-6-2-3-7-18(17)23(26)29/h2-5,8-13,17-18H,6-7,14H2,1H3,(H,25,27)/t17-,18-/m1/s1. The molecule has 1 N–H and O–H groups in total. The van der Waals surface area contributed by atoms with Crippen LogP contribution in [0, 0.1) is 11.8 Å². The van der Waals surface area contributed by atoms with Crippen LogP contribution >= 0.6 is 0 Å². The van der Waals surface area contributed by atoms with Gasteiger partial charge in [-0.3, -0.25) is 19.3 Å². The molecule has 2 aromatic rings. The van der Waals surface area contributed by atoms with Gasteiger partial charge in [0.25, 0.3) is 5.91 Å². The molecule has 0 aromatic heterocycles. The van der Waals surface area contributed by atoms with E-state index in [2.05, 4.69) is 5.32 Å². The molecule has 0 saturated carbocycles. The van der Waals surface area contributed by atoms with E-state index in [-0.39, 0.29) is 29.2 Å². The Morgan fingerprint density at radius 1 is 0.969 bits per heavy atom. The van der Waals surface area contributed by atoms with Gasteiger partial charge in [0.15, 0.2) is 6.61 Å². The van der Waals surface area contributed by atoms with Gasteiger partial charge in [-0.2, -0.15) is 0 Å². The summed E-state index contributed by atoms with van der Waals surface area (Å²) in [7, 11) is 1.49. The molecule has 0 spiro atoms. The molecule has 1 aliphatic carbocycles. The van der Waals surface area contributed by atoms with Gasteiger partial charge in [-0.15, -0.1) is 0 Å². The van der Waals surface area contributed by atoms with Crippen molar-refractivity contribution in [3.8, 4) is 5.75 Å². The smallest absolute Gasteiger partial charge is 0.338 e. The lowest BCUT2D eigenvalue weighted by atomic mass is 9.85. The van der Waals surface area contributed by atoms with Crippen molar-refractivity contribution in [1.82, 2.24) is 0 Å². The number of nitrogens with one attached hydrogen (secondary N) is 1. The molecule has 1 heterocycles. The number of hydrogen-bond acceptors (Lipinski definition) is 6. The van der Waals surface area contributed by atoms with Crippen LogP contribution in [0.1, 0.15) is 23.2 Å². The van der Waals surface area contributed by atoms with Gasteiger partial charge in [0.05, 0.1) is 35.9 Å². The number of ether oxygens (including phenoxy) is 2. The van der Waals surface area contributed by atoms with Crippen molar-refractivity contribution in [2.45, 2.75) is 12.8 Å². The Bertz CT molecular complexity index is 1070. The van der Waals surface area contributed by atoms with Crippen molar-refractivity contribution in [1.29, 1.82) is 0 Å². The highest BCUT2D eigenvalue weighted by atomic mass is 16.5. The molecule has 1 saturated heterocycles. The highest BCUT2D eigenvalue weighted by molar-refractivity contribution is 6.22. The zero-order valence-electron chi connectivity index (χ0n) is 17.4. The third kappa shape index (κ3) is 4.12. The Labute approximate surface area is 184 Å². The summed E-state index contributed by atoms with van der Waals surface area (Å²) in [4.78, 5) is 50.9. The first kappa shape index (κ1) is 21.3. The minimum Gasteiger partial charge on any atom is -0.495 e.